The van der Waals surface area contributed by atoms with Crippen LogP contribution in [0.4, 0.5) is 31.1 Å². The van der Waals surface area contributed by atoms with E-state index in [-0.39, 0.29) is 41.4 Å². The average molecular weight is 670 g/mol. The Morgan fingerprint density at radius 2 is 1.87 bits per heavy atom. The van der Waals surface area contributed by atoms with Crippen molar-refractivity contribution in [1.82, 2.24) is 20.4 Å². The van der Waals surface area contributed by atoms with E-state index in [2.05, 4.69) is 20.5 Å². The summed E-state index contributed by atoms with van der Waals surface area (Å²) in [5.41, 5.74) is -2.82. The van der Waals surface area contributed by atoms with Gasteiger partial charge in [-0.1, -0.05) is 12.1 Å². The van der Waals surface area contributed by atoms with Crippen molar-refractivity contribution < 1.29 is 45.4 Å². The van der Waals surface area contributed by atoms with Crippen LogP contribution in [-0.4, -0.2) is 70.2 Å². The van der Waals surface area contributed by atoms with Crippen molar-refractivity contribution in [3.63, 3.8) is 0 Å². The number of rotatable bonds is 5. The predicted molar refractivity (Wildman–Crippen MR) is 159 cm³/mol. The summed E-state index contributed by atoms with van der Waals surface area (Å²) in [6.07, 6.45) is -10.2. The molecule has 3 heterocycles. The summed E-state index contributed by atoms with van der Waals surface area (Å²) >= 11 is 0.964. The number of nitrogens with zero attached hydrogens (tertiary/aromatic N) is 3. The number of allylic oxidation sites excluding steroid dienone is 1. The third-order valence-electron chi connectivity index (χ3n) is 7.04. The van der Waals surface area contributed by atoms with E-state index in [1.165, 1.54) is 6.20 Å². The van der Waals surface area contributed by atoms with Crippen LogP contribution >= 0.6 is 11.8 Å². The fourth-order valence-corrected chi connectivity index (χ4v) is 6.01. The number of carbonyl (C=O) groups is 2. The number of nitrogens with one attached hydrogen (secondary N) is 2. The molecule has 1 unspecified atom stereocenters. The Bertz CT molecular complexity index is 1710. The monoisotopic (exact) mass is 669 g/mol. The SMILES string of the molecule is CC(C)(C)OC(=O)NCC1CN(C2=NC(=O)C(=C(Cc3ccc(C(F)(F)F)cc3C(F)(F)F)c3ccc4[nH]ncc4c3)S2)CCO1. The molecule has 16 heteroatoms. The number of amides is 2. The minimum Gasteiger partial charge on any atom is -0.444 e. The Balaban J connectivity index is 1.45. The highest BCUT2D eigenvalue weighted by Gasteiger charge is 2.39. The molecule has 0 bridgehead atoms. The predicted octanol–water partition coefficient (Wildman–Crippen LogP) is 6.41. The molecule has 5 rings (SSSR count). The molecule has 1 fully saturated rings. The lowest BCUT2D eigenvalue weighted by Gasteiger charge is -2.33. The van der Waals surface area contributed by atoms with Crippen LogP contribution in [0.3, 0.4) is 0 Å². The maximum absolute atomic E-state index is 14.1. The molecule has 0 aliphatic carbocycles. The summed E-state index contributed by atoms with van der Waals surface area (Å²) in [6.45, 7) is 6.14. The van der Waals surface area contributed by atoms with E-state index in [9.17, 15) is 35.9 Å². The Labute approximate surface area is 263 Å². The second kappa shape index (κ2) is 12.6. The van der Waals surface area contributed by atoms with E-state index in [0.29, 0.717) is 29.1 Å². The van der Waals surface area contributed by atoms with E-state index in [1.807, 2.05) is 0 Å². The van der Waals surface area contributed by atoms with Gasteiger partial charge in [0.25, 0.3) is 5.91 Å². The van der Waals surface area contributed by atoms with Gasteiger partial charge in [0.15, 0.2) is 5.17 Å². The first-order valence-electron chi connectivity index (χ1n) is 14.1. The van der Waals surface area contributed by atoms with Crippen LogP contribution in [0.2, 0.25) is 0 Å². The van der Waals surface area contributed by atoms with Gasteiger partial charge in [-0.05, 0) is 79.9 Å². The van der Waals surface area contributed by atoms with Crippen molar-refractivity contribution >= 4 is 45.4 Å². The van der Waals surface area contributed by atoms with Crippen LogP contribution in [0.5, 0.6) is 0 Å². The number of amidine groups is 1. The summed E-state index contributed by atoms with van der Waals surface area (Å²) < 4.78 is 93.3. The summed E-state index contributed by atoms with van der Waals surface area (Å²) in [6, 6.07) is 6.35. The third-order valence-corrected chi connectivity index (χ3v) is 8.20. The number of morpholine rings is 1. The van der Waals surface area contributed by atoms with Gasteiger partial charge in [0.05, 0.1) is 40.5 Å². The molecule has 2 aromatic carbocycles. The van der Waals surface area contributed by atoms with E-state index >= 15 is 0 Å². The first kappa shape index (κ1) is 33.3. The molecule has 0 saturated carbocycles. The van der Waals surface area contributed by atoms with Gasteiger partial charge < -0.3 is 19.7 Å². The van der Waals surface area contributed by atoms with E-state index in [1.54, 1.807) is 43.9 Å². The van der Waals surface area contributed by atoms with Crippen molar-refractivity contribution in [3.05, 3.63) is 69.8 Å². The summed E-state index contributed by atoms with van der Waals surface area (Å²) in [7, 11) is 0. The van der Waals surface area contributed by atoms with Crippen molar-refractivity contribution in [3.8, 4) is 0 Å². The highest BCUT2D eigenvalue weighted by Crippen LogP contribution is 2.42. The number of carbonyl (C=O) groups excluding carboxylic acids is 2. The Kier molecular flexibility index (Phi) is 9.14. The van der Waals surface area contributed by atoms with Gasteiger partial charge in [0, 0.05) is 25.0 Å². The fraction of sp³-hybridized carbons (Fsp3) is 0.400. The normalized spacial score (nSPS) is 19.0. The van der Waals surface area contributed by atoms with Gasteiger partial charge in [0.2, 0.25) is 0 Å². The topological polar surface area (TPSA) is 109 Å². The molecule has 1 saturated heterocycles. The number of alkyl halides is 6. The maximum atomic E-state index is 14.1. The quantitative estimate of drug-likeness (QED) is 0.239. The molecule has 246 valence electrons. The first-order chi connectivity index (χ1) is 21.5. The van der Waals surface area contributed by atoms with Gasteiger partial charge in [-0.3, -0.25) is 9.89 Å². The second-order valence-corrected chi connectivity index (χ2v) is 12.6. The zero-order valence-corrected chi connectivity index (χ0v) is 25.6. The largest absolute Gasteiger partial charge is 0.444 e. The van der Waals surface area contributed by atoms with E-state index in [0.717, 1.165) is 17.8 Å². The average Bonchev–Trinajstić information content (AvgIpc) is 3.59. The third kappa shape index (κ3) is 7.84. The van der Waals surface area contributed by atoms with Gasteiger partial charge in [-0.2, -0.15) is 36.4 Å². The molecule has 46 heavy (non-hydrogen) atoms. The van der Waals surface area contributed by atoms with Crippen LogP contribution < -0.4 is 5.32 Å². The second-order valence-electron chi connectivity index (χ2n) is 11.6. The number of aromatic nitrogens is 2. The van der Waals surface area contributed by atoms with Gasteiger partial charge in [-0.25, -0.2) is 4.79 Å². The molecule has 1 atom stereocenters. The molecule has 1 aromatic heterocycles. The van der Waals surface area contributed by atoms with Crippen LogP contribution in [0.1, 0.15) is 43.0 Å². The molecule has 2 N–H and O–H groups in total. The number of aliphatic imine (C=N–C) groups is 1. The molecule has 3 aromatic rings. The van der Waals surface area contributed by atoms with Crippen LogP contribution in [-0.2, 0) is 33.0 Å². The number of ether oxygens (including phenoxy) is 2. The van der Waals surface area contributed by atoms with E-state index in [4.69, 9.17) is 9.47 Å². The number of halogens is 6. The van der Waals surface area contributed by atoms with Crippen LogP contribution in [0.15, 0.2) is 52.5 Å². The van der Waals surface area contributed by atoms with Crippen molar-refractivity contribution in [2.75, 3.05) is 26.2 Å². The van der Waals surface area contributed by atoms with Crippen LogP contribution in [0.25, 0.3) is 16.5 Å². The molecule has 2 amide bonds. The lowest BCUT2D eigenvalue weighted by molar-refractivity contribution is -0.143. The zero-order valence-electron chi connectivity index (χ0n) is 24.8. The standard InChI is InChI=1S/C30H29F6N5O4S/c1-28(2,3)45-27(43)37-14-20-15-41(8-9-44-20)26-39-25(42)24(46-26)21(16-5-7-23-18(10-16)13-38-40-23)11-17-4-6-19(29(31,32)33)12-22(17)30(34,35)36/h4-7,10,12-13,20H,8-9,11,14-15H2,1-3H3,(H,37,43)(H,38,40). The number of alkyl carbamates (subject to hydrolysis) is 1. The molecule has 0 spiro atoms. The molecule has 2 aliphatic heterocycles. The van der Waals surface area contributed by atoms with Crippen molar-refractivity contribution in [2.24, 2.45) is 4.99 Å². The Morgan fingerprint density at radius 3 is 2.57 bits per heavy atom. The van der Waals surface area contributed by atoms with Gasteiger partial charge in [0.1, 0.15) is 5.60 Å². The van der Waals surface area contributed by atoms with Gasteiger partial charge >= 0.3 is 18.4 Å². The summed E-state index contributed by atoms with van der Waals surface area (Å²) in [5.74, 6) is -0.697. The molecular weight excluding hydrogens is 640 g/mol. The summed E-state index contributed by atoms with van der Waals surface area (Å²) in [4.78, 5) is 31.4. The van der Waals surface area contributed by atoms with Crippen molar-refractivity contribution in [2.45, 2.75) is 51.2 Å². The summed E-state index contributed by atoms with van der Waals surface area (Å²) in [5, 5.41) is 10.3. The lowest BCUT2D eigenvalue weighted by Crippen LogP contribution is -2.49. The fourth-order valence-electron chi connectivity index (χ4n) is 4.95. The molecule has 2 aliphatic rings. The van der Waals surface area contributed by atoms with Gasteiger partial charge in [-0.15, -0.1) is 0 Å². The lowest BCUT2D eigenvalue weighted by atomic mass is 9.92. The smallest absolute Gasteiger partial charge is 0.416 e. The minimum atomic E-state index is -5.09. The Morgan fingerprint density at radius 1 is 1.11 bits per heavy atom. The van der Waals surface area contributed by atoms with Crippen molar-refractivity contribution in [1.29, 1.82) is 0 Å². The zero-order chi connectivity index (χ0) is 33.4. The molecular formula is C30H29F6N5O4S. The molecule has 9 nitrogen and oxygen atoms in total. The highest BCUT2D eigenvalue weighted by atomic mass is 32.2. The number of hydrogen-bond acceptors (Lipinski definition) is 7. The van der Waals surface area contributed by atoms with Crippen LogP contribution in [0, 0.1) is 0 Å². The number of aromatic amines is 1. The van der Waals surface area contributed by atoms with E-state index < -0.39 is 59.2 Å². The number of H-pyrrole nitrogens is 1. The minimum absolute atomic E-state index is 0.0424. The number of fused-ring (bicyclic) bond motifs is 1. The molecule has 0 radical (unpaired) electrons. The number of thioether (sulfide) groups is 1. The number of hydrogen-bond donors (Lipinski definition) is 2. The highest BCUT2D eigenvalue weighted by molar-refractivity contribution is 8.18. The number of benzene rings is 2. The first-order valence-corrected chi connectivity index (χ1v) is 14.9. The maximum Gasteiger partial charge on any atom is 0.416 e. The Hall–Kier alpha value is -4.05.